The van der Waals surface area contributed by atoms with Crippen LogP contribution in [-0.4, -0.2) is 14.1 Å². The summed E-state index contributed by atoms with van der Waals surface area (Å²) in [5.74, 6) is 1.06. The Morgan fingerprint density at radius 2 is 1.10 bits per heavy atom. The first-order valence-electron chi connectivity index (χ1n) is 16.6. The van der Waals surface area contributed by atoms with Gasteiger partial charge in [0, 0.05) is 41.9 Å². The van der Waals surface area contributed by atoms with Crippen LogP contribution in [0.3, 0.4) is 0 Å². The van der Waals surface area contributed by atoms with Crippen molar-refractivity contribution in [3.8, 4) is 6.07 Å². The summed E-state index contributed by atoms with van der Waals surface area (Å²) in [7, 11) is 4.02. The molecule has 0 N–H and O–H groups in total. The molecule has 6 aromatic carbocycles. The molecule has 1 aliphatic rings. The van der Waals surface area contributed by atoms with Gasteiger partial charge in [-0.25, -0.2) is 10.1 Å². The van der Waals surface area contributed by atoms with Gasteiger partial charge in [0.05, 0.1) is 18.3 Å². The van der Waals surface area contributed by atoms with E-state index in [-0.39, 0.29) is 5.70 Å². The lowest BCUT2D eigenvalue weighted by Crippen LogP contribution is -2.11. The van der Waals surface area contributed by atoms with Crippen molar-refractivity contribution in [1.29, 1.82) is 5.26 Å². The van der Waals surface area contributed by atoms with Crippen LogP contribution in [0.4, 0.5) is 22.7 Å². The number of ether oxygens (including phenoxy) is 1. The maximum absolute atomic E-state index is 9.74. The van der Waals surface area contributed by atoms with Crippen molar-refractivity contribution in [1.82, 2.24) is 0 Å². The lowest BCUT2D eigenvalue weighted by Gasteiger charge is -2.29. The summed E-state index contributed by atoms with van der Waals surface area (Å²) in [5.41, 5.74) is 6.90. The summed E-state index contributed by atoms with van der Waals surface area (Å²) < 4.78 is 6.35. The van der Waals surface area contributed by atoms with Crippen molar-refractivity contribution in [2.24, 2.45) is 0 Å². The molecule has 244 valence electrons. The Labute approximate surface area is 298 Å². The molecule has 5 heteroatoms. The van der Waals surface area contributed by atoms with Gasteiger partial charge < -0.3 is 14.5 Å². The molecule has 0 atom stereocenters. The molecule has 0 unspecified atom stereocenters. The third-order valence-corrected chi connectivity index (χ3v) is 8.78. The van der Waals surface area contributed by atoms with Crippen LogP contribution in [0.5, 0.6) is 0 Å². The topological polar surface area (TPSA) is 43.9 Å². The van der Waals surface area contributed by atoms with Gasteiger partial charge in [-0.1, -0.05) is 109 Å². The first kappa shape index (κ1) is 32.5. The molecule has 0 aromatic heterocycles. The van der Waals surface area contributed by atoms with E-state index in [0.29, 0.717) is 17.1 Å². The Balaban J connectivity index is 1.34. The van der Waals surface area contributed by atoms with E-state index in [9.17, 15) is 5.26 Å². The molecule has 0 saturated heterocycles. The molecular weight excluding hydrogens is 625 g/mol. The van der Waals surface area contributed by atoms with Gasteiger partial charge in [-0.3, -0.25) is 0 Å². The van der Waals surface area contributed by atoms with Gasteiger partial charge in [-0.15, -0.1) is 0 Å². The van der Waals surface area contributed by atoms with Gasteiger partial charge in [-0.05, 0) is 88.2 Å². The minimum atomic E-state index is 0.00704. The fourth-order valence-electron chi connectivity index (χ4n) is 6.35. The normalized spacial score (nSPS) is 13.7. The number of fused-ring (bicyclic) bond motifs is 2. The van der Waals surface area contributed by atoms with E-state index in [1.165, 1.54) is 0 Å². The summed E-state index contributed by atoms with van der Waals surface area (Å²) in [6.07, 6.45) is 11.3. The Kier molecular flexibility index (Phi) is 9.28. The largest absolute Gasteiger partial charge is 0.457 e. The monoisotopic (exact) mass is 658 g/mol. The van der Waals surface area contributed by atoms with Crippen molar-refractivity contribution in [2.45, 2.75) is 0 Å². The van der Waals surface area contributed by atoms with E-state index in [1.807, 2.05) is 62.7 Å². The van der Waals surface area contributed by atoms with Crippen LogP contribution < -0.4 is 9.80 Å². The molecular formula is C46H34N4O. The van der Waals surface area contributed by atoms with Gasteiger partial charge in [0.1, 0.15) is 11.5 Å². The minimum absolute atomic E-state index is 0.00704. The van der Waals surface area contributed by atoms with Crippen molar-refractivity contribution < 1.29 is 4.74 Å². The predicted molar refractivity (Wildman–Crippen MR) is 211 cm³/mol. The van der Waals surface area contributed by atoms with Crippen LogP contribution in [0.1, 0.15) is 11.1 Å². The van der Waals surface area contributed by atoms with E-state index in [0.717, 1.165) is 55.4 Å². The third-order valence-electron chi connectivity index (χ3n) is 8.78. The fourth-order valence-corrected chi connectivity index (χ4v) is 6.35. The SMILES string of the molecule is [C-]#[N+]C(C#N)=C1C=C(C=Cc2ccc(N(C)C)cc2)OC(C=Cc2c3ccccc3c(N(c3ccccc3)c3ccccc3)c3ccccc23)=C1. The van der Waals surface area contributed by atoms with Gasteiger partial charge in [0.25, 0.3) is 5.70 Å². The molecule has 0 spiro atoms. The average Bonchev–Trinajstić information content (AvgIpc) is 3.18. The molecule has 51 heavy (non-hydrogen) atoms. The van der Waals surface area contributed by atoms with Crippen LogP contribution in [0.25, 0.3) is 38.5 Å². The van der Waals surface area contributed by atoms with E-state index in [2.05, 4.69) is 130 Å². The molecule has 0 amide bonds. The lowest BCUT2D eigenvalue weighted by atomic mass is 9.93. The number of anilines is 4. The molecule has 0 bridgehead atoms. The Morgan fingerprint density at radius 3 is 1.59 bits per heavy atom. The van der Waals surface area contributed by atoms with Crippen LogP contribution in [0.2, 0.25) is 0 Å². The van der Waals surface area contributed by atoms with Gasteiger partial charge >= 0.3 is 0 Å². The van der Waals surface area contributed by atoms with Gasteiger partial charge in [0.15, 0.2) is 0 Å². The molecule has 1 aliphatic heterocycles. The second kappa shape index (κ2) is 14.6. The molecule has 0 radical (unpaired) electrons. The molecule has 0 saturated carbocycles. The first-order valence-corrected chi connectivity index (χ1v) is 16.6. The number of rotatable bonds is 8. The molecule has 7 rings (SSSR count). The van der Waals surface area contributed by atoms with Crippen molar-refractivity contribution >= 4 is 56.4 Å². The van der Waals surface area contributed by atoms with E-state index in [4.69, 9.17) is 11.3 Å². The number of benzene rings is 6. The Morgan fingerprint density at radius 1 is 0.608 bits per heavy atom. The van der Waals surface area contributed by atoms with Gasteiger partial charge in [-0.2, -0.15) is 0 Å². The summed E-state index contributed by atoms with van der Waals surface area (Å²) in [5, 5.41) is 14.1. The maximum Gasteiger partial charge on any atom is 0.269 e. The van der Waals surface area contributed by atoms with Crippen LogP contribution >= 0.6 is 0 Å². The number of nitriles is 1. The lowest BCUT2D eigenvalue weighted by molar-refractivity contribution is 0.332. The molecule has 0 fully saturated rings. The smallest absolute Gasteiger partial charge is 0.269 e. The number of nitrogens with zero attached hydrogens (tertiary/aromatic N) is 4. The van der Waals surface area contributed by atoms with Crippen LogP contribution in [0, 0.1) is 17.9 Å². The second-order valence-electron chi connectivity index (χ2n) is 12.2. The zero-order valence-electron chi connectivity index (χ0n) is 28.4. The Hall–Kier alpha value is -7.08. The summed E-state index contributed by atoms with van der Waals surface area (Å²) in [6, 6.07) is 48.1. The van der Waals surface area contributed by atoms with Crippen molar-refractivity contribution in [2.75, 3.05) is 23.9 Å². The zero-order chi connectivity index (χ0) is 35.2. The van der Waals surface area contributed by atoms with E-state index in [1.54, 1.807) is 12.2 Å². The molecule has 5 nitrogen and oxygen atoms in total. The number of hydrogen-bond acceptors (Lipinski definition) is 4. The summed E-state index contributed by atoms with van der Waals surface area (Å²) in [6.45, 7) is 7.62. The quantitative estimate of drug-likeness (QED) is 0.0927. The van der Waals surface area contributed by atoms with E-state index < -0.39 is 0 Å². The highest BCUT2D eigenvalue weighted by Crippen LogP contribution is 2.45. The zero-order valence-corrected chi connectivity index (χ0v) is 28.4. The number of hydrogen-bond donors (Lipinski definition) is 0. The molecule has 6 aromatic rings. The summed E-state index contributed by atoms with van der Waals surface area (Å²) in [4.78, 5) is 7.87. The number of para-hydroxylation sites is 2. The standard InChI is InChI=1S/C46H34N4O/c1-48-45(32-47)34-30-38(27-24-33-22-25-35(26-23-33)49(2)3)51-39(31-34)28-29-42-40-18-10-12-20-43(40)46(44-21-13-11-19-41(42)44)50(36-14-6-4-7-15-36)37-16-8-5-9-17-37/h4-31H,2-3H3. The molecule has 0 aliphatic carbocycles. The van der Waals surface area contributed by atoms with Crippen molar-refractivity contribution in [3.05, 3.63) is 203 Å². The Bertz CT molecular complexity index is 2360. The summed E-state index contributed by atoms with van der Waals surface area (Å²) >= 11 is 0. The highest BCUT2D eigenvalue weighted by Gasteiger charge is 2.21. The van der Waals surface area contributed by atoms with Crippen LogP contribution in [0.15, 0.2) is 181 Å². The highest BCUT2D eigenvalue weighted by molar-refractivity contribution is 6.18. The average molecular weight is 659 g/mol. The van der Waals surface area contributed by atoms with E-state index >= 15 is 0 Å². The second-order valence-corrected chi connectivity index (χ2v) is 12.2. The highest BCUT2D eigenvalue weighted by atomic mass is 16.5. The maximum atomic E-state index is 9.74. The van der Waals surface area contributed by atoms with Crippen LogP contribution in [-0.2, 0) is 4.74 Å². The van der Waals surface area contributed by atoms with Gasteiger partial charge in [0.2, 0.25) is 0 Å². The minimum Gasteiger partial charge on any atom is -0.457 e. The fraction of sp³-hybridized carbons (Fsp3) is 0.0435. The predicted octanol–water partition coefficient (Wildman–Crippen LogP) is 11.8. The van der Waals surface area contributed by atoms with Crippen molar-refractivity contribution in [3.63, 3.8) is 0 Å². The molecule has 1 heterocycles. The first-order chi connectivity index (χ1) is 25.0. The third kappa shape index (κ3) is 6.78. The number of allylic oxidation sites excluding steroid dienone is 6.